The van der Waals surface area contributed by atoms with Crippen molar-refractivity contribution >= 4 is 19.8 Å². The van der Waals surface area contributed by atoms with E-state index in [9.17, 15) is 19.0 Å². The monoisotopic (exact) mass is 1010 g/mol. The van der Waals surface area contributed by atoms with Gasteiger partial charge in [0.05, 0.1) is 19.6 Å². The van der Waals surface area contributed by atoms with E-state index in [1.165, 1.54) is 83.5 Å². The smallest absolute Gasteiger partial charge is 0.461 e. The molecule has 0 bridgehead atoms. The first-order valence-electron chi connectivity index (χ1n) is 27.7. The molecule has 3 N–H and O–H groups in total. The van der Waals surface area contributed by atoms with Gasteiger partial charge >= 0.3 is 19.8 Å². The Kier molecular flexibility index (Phi) is 52.5. The van der Waals surface area contributed by atoms with Gasteiger partial charge in [-0.25, -0.2) is 4.57 Å². The minimum Gasteiger partial charge on any atom is -0.461 e. The number of phosphoric ester groups is 1. The summed E-state index contributed by atoms with van der Waals surface area (Å²) in [6.07, 6.45) is 78.3. The summed E-state index contributed by atoms with van der Waals surface area (Å²) in [4.78, 5) is 35.0. The van der Waals surface area contributed by atoms with Gasteiger partial charge in [0.15, 0.2) is 6.10 Å². The number of ether oxygens (including phenoxy) is 2. The second-order valence-electron chi connectivity index (χ2n) is 17.7. The number of hydrogen-bond donors (Lipinski definition) is 2. The third-order valence-electron chi connectivity index (χ3n) is 11.1. The van der Waals surface area contributed by atoms with E-state index in [2.05, 4.69) is 129 Å². The first-order valence-corrected chi connectivity index (χ1v) is 29.2. The van der Waals surface area contributed by atoms with Crippen molar-refractivity contribution in [3.05, 3.63) is 134 Å². The third kappa shape index (κ3) is 55.3. The van der Waals surface area contributed by atoms with Gasteiger partial charge in [-0.05, 0) is 89.9 Å². The van der Waals surface area contributed by atoms with Crippen molar-refractivity contribution in [1.29, 1.82) is 0 Å². The van der Waals surface area contributed by atoms with Crippen molar-refractivity contribution in [2.45, 2.75) is 213 Å². The summed E-state index contributed by atoms with van der Waals surface area (Å²) in [6, 6.07) is 0. The molecule has 0 aromatic rings. The molecule has 0 saturated carbocycles. The summed E-state index contributed by atoms with van der Waals surface area (Å²) < 4.78 is 32.8. The third-order valence-corrected chi connectivity index (χ3v) is 12.0. The molecule has 10 heteroatoms. The molecule has 9 nitrogen and oxygen atoms in total. The zero-order chi connectivity index (χ0) is 51.7. The number of rotatable bonds is 50. The highest BCUT2D eigenvalue weighted by Gasteiger charge is 2.25. The van der Waals surface area contributed by atoms with Crippen LogP contribution in [0.1, 0.15) is 206 Å². The minimum atomic E-state index is -4.41. The molecule has 0 spiro atoms. The number of esters is 2. The van der Waals surface area contributed by atoms with Gasteiger partial charge < -0.3 is 20.1 Å². The molecule has 0 amide bonds. The Bertz CT molecular complexity index is 1620. The van der Waals surface area contributed by atoms with Gasteiger partial charge in [0, 0.05) is 13.0 Å². The van der Waals surface area contributed by atoms with Crippen LogP contribution in [-0.4, -0.2) is 49.3 Å². The van der Waals surface area contributed by atoms with Crippen molar-refractivity contribution < 1.29 is 37.6 Å². The van der Waals surface area contributed by atoms with E-state index in [4.69, 9.17) is 24.3 Å². The number of carbonyl (C=O) groups is 2. The Morgan fingerprint density at radius 1 is 0.437 bits per heavy atom. The second kappa shape index (κ2) is 55.5. The van der Waals surface area contributed by atoms with E-state index < -0.39 is 32.5 Å². The average Bonchev–Trinajstić information content (AvgIpc) is 3.36. The van der Waals surface area contributed by atoms with E-state index >= 15 is 0 Å². The largest absolute Gasteiger partial charge is 0.472 e. The van der Waals surface area contributed by atoms with Gasteiger partial charge in [-0.2, -0.15) is 0 Å². The predicted molar refractivity (Wildman–Crippen MR) is 302 cm³/mol. The van der Waals surface area contributed by atoms with Gasteiger partial charge in [0.1, 0.15) is 6.61 Å². The van der Waals surface area contributed by atoms with Gasteiger partial charge in [0.25, 0.3) is 0 Å². The van der Waals surface area contributed by atoms with Crippen LogP contribution in [0.4, 0.5) is 0 Å². The summed E-state index contributed by atoms with van der Waals surface area (Å²) >= 11 is 0. The molecule has 71 heavy (non-hydrogen) atoms. The van der Waals surface area contributed by atoms with Gasteiger partial charge in [0.2, 0.25) is 0 Å². The maximum Gasteiger partial charge on any atom is 0.472 e. The fraction of sp³-hybridized carbons (Fsp3) is 0.607. The minimum absolute atomic E-state index is 0.0362. The van der Waals surface area contributed by atoms with E-state index in [1.54, 1.807) is 6.08 Å². The van der Waals surface area contributed by atoms with Crippen LogP contribution in [0.5, 0.6) is 0 Å². The predicted octanol–water partition coefficient (Wildman–Crippen LogP) is 17.4. The van der Waals surface area contributed by atoms with Crippen molar-refractivity contribution in [1.82, 2.24) is 0 Å². The number of carbonyl (C=O) groups excluding carboxylic acids is 2. The molecule has 0 radical (unpaired) electrons. The quantitative estimate of drug-likeness (QED) is 0.0264. The highest BCUT2D eigenvalue weighted by atomic mass is 31.2. The van der Waals surface area contributed by atoms with Crippen LogP contribution >= 0.6 is 7.82 Å². The number of allylic oxidation sites excluding steroid dienone is 21. The number of nitrogens with two attached hydrogens (primary N) is 1. The molecular weight excluding hydrogens is 906 g/mol. The van der Waals surface area contributed by atoms with Gasteiger partial charge in [-0.1, -0.05) is 237 Å². The van der Waals surface area contributed by atoms with Crippen LogP contribution in [-0.2, 0) is 32.7 Å². The lowest BCUT2D eigenvalue weighted by Gasteiger charge is -2.19. The van der Waals surface area contributed by atoms with E-state index in [0.29, 0.717) is 12.8 Å². The molecule has 402 valence electrons. The Morgan fingerprint density at radius 2 is 0.775 bits per heavy atom. The standard InChI is InChI=1S/C61H100NO8P/c1-3-5-7-9-11-13-15-17-19-20-21-22-23-24-25-26-27-28-29-30-31-32-33-34-35-36-37-38-40-42-44-46-48-50-52-54-61(64)70-59(58-69-71(65,66)68-56-55-62)57-67-60(63)53-51-49-47-45-43-41-39-18-16-14-12-10-8-6-4-2/h5-8,11-14,17-19,21-22,24-25,27-28,39,43,45,49,51,59H,3-4,9-10,15-16,20,23,26,29-38,40-42,44,46-48,50,52-58,62H2,1-2H3,(H,65,66)/b7-5-,8-6-,13-11-,14-12-,19-17-,22-21-,25-24-,28-27-,39-18-,45-43-,51-49-. The van der Waals surface area contributed by atoms with Crippen LogP contribution in [0, 0.1) is 0 Å². The van der Waals surface area contributed by atoms with E-state index in [0.717, 1.165) is 83.5 Å². The average molecular weight is 1010 g/mol. The van der Waals surface area contributed by atoms with Crippen molar-refractivity contribution in [2.24, 2.45) is 5.73 Å². The number of unbranched alkanes of at least 4 members (excludes halogenated alkanes) is 16. The Morgan fingerprint density at radius 3 is 1.15 bits per heavy atom. The zero-order valence-electron chi connectivity index (χ0n) is 44.7. The van der Waals surface area contributed by atoms with E-state index in [-0.39, 0.29) is 32.6 Å². The fourth-order valence-electron chi connectivity index (χ4n) is 7.06. The molecule has 0 fully saturated rings. The summed E-state index contributed by atoms with van der Waals surface area (Å²) in [5.74, 6) is -0.982. The summed E-state index contributed by atoms with van der Waals surface area (Å²) in [6.45, 7) is 3.38. The zero-order valence-corrected chi connectivity index (χ0v) is 45.5. The second-order valence-corrected chi connectivity index (χ2v) is 19.2. The Labute approximate surface area is 434 Å². The Hall–Kier alpha value is -3.85. The highest BCUT2D eigenvalue weighted by molar-refractivity contribution is 7.47. The lowest BCUT2D eigenvalue weighted by atomic mass is 10.0. The summed E-state index contributed by atoms with van der Waals surface area (Å²) in [5, 5.41) is 0. The molecule has 0 heterocycles. The normalized spacial score (nSPS) is 14.1. The lowest BCUT2D eigenvalue weighted by Crippen LogP contribution is -2.29. The molecule has 0 aliphatic carbocycles. The molecule has 0 aromatic heterocycles. The maximum atomic E-state index is 12.7. The van der Waals surface area contributed by atoms with E-state index in [1.807, 2.05) is 12.2 Å². The number of phosphoric acid groups is 1. The molecular formula is C61H100NO8P. The van der Waals surface area contributed by atoms with Crippen LogP contribution < -0.4 is 5.73 Å². The summed E-state index contributed by atoms with van der Waals surface area (Å²) in [5.41, 5.74) is 5.36. The van der Waals surface area contributed by atoms with Crippen LogP contribution in [0.15, 0.2) is 134 Å². The van der Waals surface area contributed by atoms with Crippen molar-refractivity contribution in [3.8, 4) is 0 Å². The lowest BCUT2D eigenvalue weighted by molar-refractivity contribution is -0.160. The van der Waals surface area contributed by atoms with Gasteiger partial charge in [-0.3, -0.25) is 18.6 Å². The topological polar surface area (TPSA) is 134 Å². The first kappa shape index (κ1) is 67.1. The Balaban J connectivity index is 3.98. The number of hydrogen-bond acceptors (Lipinski definition) is 8. The van der Waals surface area contributed by atoms with Crippen LogP contribution in [0.2, 0.25) is 0 Å². The SMILES string of the molecule is CC/C=C\C/C=C\C/C=C\C/C=C\C/C=C\C/C=C\CCCCCCCCCCCCCCCCCCC(=O)OC(COC(=O)C/C=C\C/C=C\C/C=C\C/C=C\C/C=C\CC)COP(=O)(O)OCCN. The molecule has 0 aliphatic rings. The van der Waals surface area contributed by atoms with Crippen LogP contribution in [0.25, 0.3) is 0 Å². The maximum absolute atomic E-state index is 12.7. The first-order chi connectivity index (χ1) is 34.8. The molecule has 2 atom stereocenters. The highest BCUT2D eigenvalue weighted by Crippen LogP contribution is 2.43. The molecule has 0 saturated heterocycles. The molecule has 0 aromatic carbocycles. The molecule has 0 aliphatic heterocycles. The summed E-state index contributed by atoms with van der Waals surface area (Å²) in [7, 11) is -4.41. The van der Waals surface area contributed by atoms with Crippen molar-refractivity contribution in [2.75, 3.05) is 26.4 Å². The molecule has 0 rings (SSSR count). The van der Waals surface area contributed by atoms with Gasteiger partial charge in [-0.15, -0.1) is 0 Å². The van der Waals surface area contributed by atoms with Crippen LogP contribution in [0.3, 0.4) is 0 Å². The van der Waals surface area contributed by atoms with Crippen molar-refractivity contribution in [3.63, 3.8) is 0 Å². The molecule has 2 unspecified atom stereocenters. The fourth-order valence-corrected chi connectivity index (χ4v) is 7.83.